The molecular weight excluding hydrogens is 210 g/mol. The van der Waals surface area contributed by atoms with Gasteiger partial charge in [-0.15, -0.1) is 0 Å². The Morgan fingerprint density at radius 3 is 2.88 bits per heavy atom. The fraction of sp³-hybridized carbons (Fsp3) is 0.714. The second-order valence-electron chi connectivity index (χ2n) is 5.15. The topological polar surface area (TPSA) is 37.8 Å². The van der Waals surface area contributed by atoms with Crippen LogP contribution in [0.3, 0.4) is 0 Å². The minimum Gasteiger partial charge on any atom is -0.370 e. The zero-order valence-corrected chi connectivity index (χ0v) is 10.9. The number of nitrogens with one attached hydrogen (secondary N) is 1. The van der Waals surface area contributed by atoms with Crippen molar-refractivity contribution in [2.45, 2.75) is 46.0 Å². The van der Waals surface area contributed by atoms with Crippen molar-refractivity contribution in [2.24, 2.45) is 11.8 Å². The summed E-state index contributed by atoms with van der Waals surface area (Å²) in [6.07, 6.45) is 8.17. The fourth-order valence-corrected chi connectivity index (χ4v) is 2.62. The third kappa shape index (κ3) is 3.42. The Bertz CT molecular complexity index is 351. The number of anilines is 1. The Kier molecular flexibility index (Phi) is 4.35. The van der Waals surface area contributed by atoms with Gasteiger partial charge < -0.3 is 5.32 Å². The maximum absolute atomic E-state index is 4.27. The summed E-state index contributed by atoms with van der Waals surface area (Å²) in [5.74, 6) is 2.64. The predicted octanol–water partition coefficient (Wildman–Crippen LogP) is 3.28. The quantitative estimate of drug-likeness (QED) is 0.867. The lowest BCUT2D eigenvalue weighted by molar-refractivity contribution is 0.268. The van der Waals surface area contributed by atoms with Crippen LogP contribution in [-0.4, -0.2) is 16.5 Å². The van der Waals surface area contributed by atoms with Crippen molar-refractivity contribution in [1.82, 2.24) is 9.97 Å². The average Bonchev–Trinajstić information content (AvgIpc) is 2.38. The highest BCUT2D eigenvalue weighted by atomic mass is 15.0. The third-order valence-electron chi connectivity index (χ3n) is 3.92. The molecule has 0 bridgehead atoms. The van der Waals surface area contributed by atoms with E-state index < -0.39 is 0 Å². The summed E-state index contributed by atoms with van der Waals surface area (Å²) in [5, 5.41) is 3.47. The van der Waals surface area contributed by atoms with Crippen LogP contribution in [0, 0.1) is 11.8 Å². The molecule has 1 N–H and O–H groups in total. The molecule has 1 aliphatic rings. The van der Waals surface area contributed by atoms with Crippen molar-refractivity contribution in [2.75, 3.05) is 11.9 Å². The zero-order valence-electron chi connectivity index (χ0n) is 10.9. The first kappa shape index (κ1) is 12.3. The molecule has 0 aromatic carbocycles. The van der Waals surface area contributed by atoms with E-state index in [0.29, 0.717) is 0 Å². The molecule has 1 aromatic rings. The van der Waals surface area contributed by atoms with E-state index in [1.54, 1.807) is 6.33 Å². The van der Waals surface area contributed by atoms with E-state index in [2.05, 4.69) is 35.2 Å². The fourth-order valence-electron chi connectivity index (χ4n) is 2.62. The first-order valence-electron chi connectivity index (χ1n) is 6.84. The van der Waals surface area contributed by atoms with Gasteiger partial charge >= 0.3 is 0 Å². The average molecular weight is 233 g/mol. The number of hydrogen-bond donors (Lipinski definition) is 1. The SMILES string of the molecule is CCc1cc(NCC2CCCCC2C)ncn1. The van der Waals surface area contributed by atoms with E-state index in [-0.39, 0.29) is 0 Å². The lowest BCUT2D eigenvalue weighted by atomic mass is 9.80. The van der Waals surface area contributed by atoms with Crippen LogP contribution in [0.5, 0.6) is 0 Å². The minimum absolute atomic E-state index is 0.809. The minimum atomic E-state index is 0.809. The summed E-state index contributed by atoms with van der Waals surface area (Å²) in [4.78, 5) is 8.49. The molecule has 0 amide bonds. The van der Waals surface area contributed by atoms with Crippen LogP contribution in [0.4, 0.5) is 5.82 Å². The van der Waals surface area contributed by atoms with Gasteiger partial charge in [0.25, 0.3) is 0 Å². The molecule has 2 unspecified atom stereocenters. The van der Waals surface area contributed by atoms with Crippen LogP contribution in [-0.2, 0) is 6.42 Å². The molecular formula is C14H23N3. The van der Waals surface area contributed by atoms with Gasteiger partial charge in [0.1, 0.15) is 12.1 Å². The second kappa shape index (κ2) is 5.99. The molecule has 0 aliphatic heterocycles. The Hall–Kier alpha value is -1.12. The summed E-state index contributed by atoms with van der Waals surface area (Å²) in [6, 6.07) is 2.06. The second-order valence-corrected chi connectivity index (χ2v) is 5.15. The van der Waals surface area contributed by atoms with Crippen molar-refractivity contribution < 1.29 is 0 Å². The van der Waals surface area contributed by atoms with Crippen molar-refractivity contribution >= 4 is 5.82 Å². The van der Waals surface area contributed by atoms with E-state index in [1.165, 1.54) is 25.7 Å². The first-order chi connectivity index (χ1) is 8.29. The lowest BCUT2D eigenvalue weighted by Gasteiger charge is -2.28. The van der Waals surface area contributed by atoms with Crippen molar-refractivity contribution in [3.63, 3.8) is 0 Å². The standard InChI is InChI=1S/C14H23N3/c1-3-13-8-14(17-10-16-13)15-9-12-7-5-4-6-11(12)2/h8,10-12H,3-7,9H2,1-2H3,(H,15,16,17). The molecule has 1 fully saturated rings. The Morgan fingerprint density at radius 1 is 1.29 bits per heavy atom. The van der Waals surface area contributed by atoms with E-state index in [0.717, 1.165) is 36.3 Å². The molecule has 0 spiro atoms. The van der Waals surface area contributed by atoms with Gasteiger partial charge in [-0.25, -0.2) is 9.97 Å². The van der Waals surface area contributed by atoms with Crippen LogP contribution in [0.15, 0.2) is 12.4 Å². The number of rotatable bonds is 4. The lowest BCUT2D eigenvalue weighted by Crippen LogP contribution is -2.24. The number of aromatic nitrogens is 2. The predicted molar refractivity (Wildman–Crippen MR) is 71.0 cm³/mol. The van der Waals surface area contributed by atoms with E-state index >= 15 is 0 Å². The van der Waals surface area contributed by atoms with E-state index in [1.807, 2.05) is 0 Å². The van der Waals surface area contributed by atoms with Crippen LogP contribution in [0.25, 0.3) is 0 Å². The van der Waals surface area contributed by atoms with Crippen molar-refractivity contribution in [1.29, 1.82) is 0 Å². The van der Waals surface area contributed by atoms with Gasteiger partial charge in [-0.3, -0.25) is 0 Å². The Labute approximate surface area is 104 Å². The van der Waals surface area contributed by atoms with Crippen LogP contribution in [0.1, 0.15) is 45.2 Å². The van der Waals surface area contributed by atoms with Crippen LogP contribution >= 0.6 is 0 Å². The highest BCUT2D eigenvalue weighted by Crippen LogP contribution is 2.29. The van der Waals surface area contributed by atoms with Gasteiger partial charge in [-0.05, 0) is 24.7 Å². The highest BCUT2D eigenvalue weighted by molar-refractivity contribution is 5.34. The molecule has 0 radical (unpaired) electrons. The van der Waals surface area contributed by atoms with Gasteiger partial charge in [-0.1, -0.05) is 33.1 Å². The van der Waals surface area contributed by atoms with Gasteiger partial charge in [0.05, 0.1) is 0 Å². The highest BCUT2D eigenvalue weighted by Gasteiger charge is 2.20. The molecule has 1 aromatic heterocycles. The normalized spacial score (nSPS) is 24.6. The third-order valence-corrected chi connectivity index (χ3v) is 3.92. The summed E-state index contributed by atoms with van der Waals surface area (Å²) in [5.41, 5.74) is 1.11. The molecule has 17 heavy (non-hydrogen) atoms. The van der Waals surface area contributed by atoms with Crippen LogP contribution < -0.4 is 5.32 Å². The Morgan fingerprint density at radius 2 is 2.12 bits per heavy atom. The number of hydrogen-bond acceptors (Lipinski definition) is 3. The summed E-state index contributed by atoms with van der Waals surface area (Å²) in [6.45, 7) is 5.56. The first-order valence-corrected chi connectivity index (χ1v) is 6.84. The van der Waals surface area contributed by atoms with Gasteiger partial charge in [0, 0.05) is 18.3 Å². The molecule has 1 saturated carbocycles. The molecule has 1 aliphatic carbocycles. The summed E-state index contributed by atoms with van der Waals surface area (Å²) in [7, 11) is 0. The molecule has 2 rings (SSSR count). The zero-order chi connectivity index (χ0) is 12.1. The largest absolute Gasteiger partial charge is 0.370 e. The molecule has 3 heteroatoms. The van der Waals surface area contributed by atoms with Gasteiger partial charge in [0.2, 0.25) is 0 Å². The molecule has 2 atom stereocenters. The maximum Gasteiger partial charge on any atom is 0.129 e. The smallest absolute Gasteiger partial charge is 0.129 e. The van der Waals surface area contributed by atoms with Crippen molar-refractivity contribution in [3.8, 4) is 0 Å². The molecule has 94 valence electrons. The van der Waals surface area contributed by atoms with Gasteiger partial charge in [0.15, 0.2) is 0 Å². The Balaban J connectivity index is 1.88. The van der Waals surface area contributed by atoms with Gasteiger partial charge in [-0.2, -0.15) is 0 Å². The monoisotopic (exact) mass is 233 g/mol. The van der Waals surface area contributed by atoms with Crippen LogP contribution in [0.2, 0.25) is 0 Å². The summed E-state index contributed by atoms with van der Waals surface area (Å²) < 4.78 is 0. The van der Waals surface area contributed by atoms with E-state index in [9.17, 15) is 0 Å². The number of aryl methyl sites for hydroxylation is 1. The molecule has 0 saturated heterocycles. The maximum atomic E-state index is 4.27. The summed E-state index contributed by atoms with van der Waals surface area (Å²) >= 11 is 0. The van der Waals surface area contributed by atoms with Crippen molar-refractivity contribution in [3.05, 3.63) is 18.1 Å². The number of nitrogens with zero attached hydrogens (tertiary/aromatic N) is 2. The molecule has 3 nitrogen and oxygen atoms in total. The molecule has 1 heterocycles. The van der Waals surface area contributed by atoms with E-state index in [4.69, 9.17) is 0 Å².